The molecule has 0 fully saturated rings. The molecule has 14 heteroatoms. The van der Waals surface area contributed by atoms with Crippen molar-refractivity contribution < 1.29 is 33.4 Å². The number of nitrogens with one attached hydrogen (secondary N) is 1. The van der Waals surface area contributed by atoms with Gasteiger partial charge in [-0.05, 0) is 62.6 Å². The number of benzene rings is 2. The Bertz CT molecular complexity index is 1600. The maximum atomic E-state index is 12.9. The van der Waals surface area contributed by atoms with Gasteiger partial charge < -0.3 is 29.3 Å². The van der Waals surface area contributed by atoms with E-state index in [0.29, 0.717) is 5.69 Å². The van der Waals surface area contributed by atoms with E-state index >= 15 is 0 Å². The molecule has 4 aromatic rings. The number of nitro benzene ring substituents is 1. The predicted octanol–water partition coefficient (Wildman–Crippen LogP) is 5.50. The normalized spacial score (nSPS) is 12.2. The van der Waals surface area contributed by atoms with Crippen LogP contribution in [0.25, 0.3) is 11.0 Å². The van der Waals surface area contributed by atoms with Crippen LogP contribution >= 0.6 is 7.82 Å². The summed E-state index contributed by atoms with van der Waals surface area (Å²) in [6, 6.07) is 11.5. The maximum absolute atomic E-state index is 12.9. The fraction of sp³-hybridized carbons (Fsp3) is 0.400. The van der Waals surface area contributed by atoms with E-state index in [4.69, 9.17) is 23.7 Å². The molecule has 0 saturated heterocycles. The quantitative estimate of drug-likeness (QED) is 0.0836. The number of para-hydroxylation sites is 1. The second-order valence-electron chi connectivity index (χ2n) is 10.6. The van der Waals surface area contributed by atoms with Crippen LogP contribution in [-0.2, 0) is 24.0 Å². The Hall–Kier alpha value is -3.87. The molecular weight excluding hydrogens is 589 g/mol. The summed E-state index contributed by atoms with van der Waals surface area (Å²) in [5.74, 6) is 0.715. The number of nitrogens with zero attached hydrogens (tertiary/aromatic N) is 4. The van der Waals surface area contributed by atoms with Crippen LogP contribution in [0.4, 0.5) is 11.4 Å². The number of carbonyl (C=O) groups excluding carboxylic acids is 1. The van der Waals surface area contributed by atoms with Crippen molar-refractivity contribution in [2.24, 2.45) is 0 Å². The lowest BCUT2D eigenvalue weighted by Gasteiger charge is -2.17. The lowest BCUT2D eigenvalue weighted by atomic mass is 9.98. The molecule has 13 nitrogen and oxygen atoms in total. The van der Waals surface area contributed by atoms with Crippen molar-refractivity contribution in [3.8, 4) is 0 Å². The number of nitro groups is 1. The second kappa shape index (κ2) is 15.7. The van der Waals surface area contributed by atoms with Crippen molar-refractivity contribution in [3.63, 3.8) is 0 Å². The average molecular weight is 630 g/mol. The number of hydrogen-bond donors (Lipinski definition) is 4. The zero-order chi connectivity index (χ0) is 32.4. The van der Waals surface area contributed by atoms with Crippen LogP contribution in [0.15, 0.2) is 59.3 Å². The monoisotopic (exact) mass is 629 g/mol. The summed E-state index contributed by atoms with van der Waals surface area (Å²) in [6.45, 7) is 9.17. The van der Waals surface area contributed by atoms with Crippen molar-refractivity contribution in [1.82, 2.24) is 14.7 Å². The molecule has 2 aromatic carbocycles. The van der Waals surface area contributed by atoms with E-state index in [9.17, 15) is 14.9 Å². The van der Waals surface area contributed by atoms with Crippen molar-refractivity contribution in [2.45, 2.75) is 58.9 Å². The molecule has 0 radical (unpaired) electrons. The molecule has 1 unspecified atom stereocenters. The summed E-state index contributed by atoms with van der Waals surface area (Å²) in [5, 5.41) is 19.6. The molecular formula is C30H40N5O8P. The number of carbonyl (C=O) groups is 1. The van der Waals surface area contributed by atoms with Crippen LogP contribution in [0.2, 0.25) is 0 Å². The number of aromatic nitrogens is 2. The molecule has 1 atom stereocenters. The minimum absolute atomic E-state index is 0.0252. The number of aryl methyl sites for hydroxylation is 1. The minimum Gasteiger partial charge on any atom is -0.460 e. The molecule has 0 spiro atoms. The number of rotatable bonds is 13. The van der Waals surface area contributed by atoms with Gasteiger partial charge in [-0.25, -0.2) is 4.57 Å². The first kappa shape index (κ1) is 34.6. The van der Waals surface area contributed by atoms with Gasteiger partial charge in [-0.1, -0.05) is 32.9 Å². The van der Waals surface area contributed by atoms with E-state index in [0.717, 1.165) is 67.6 Å². The zero-order valence-corrected chi connectivity index (χ0v) is 26.2. The SMILES string of the molecule is CCCn1cc(CCN(C)CCc2c(C(C)CC)oc3ccc(NC(=O)c4ccccc4[N+](=O)[O-])cc23)cn1.O=P(O)(O)O. The third-order valence-electron chi connectivity index (χ3n) is 7.15. The van der Waals surface area contributed by atoms with E-state index < -0.39 is 18.7 Å². The predicted molar refractivity (Wildman–Crippen MR) is 168 cm³/mol. The number of furan rings is 1. The lowest BCUT2D eigenvalue weighted by Crippen LogP contribution is -2.24. The van der Waals surface area contributed by atoms with Crippen LogP contribution in [-0.4, -0.2) is 60.3 Å². The summed E-state index contributed by atoms with van der Waals surface area (Å²) in [7, 11) is -2.51. The highest BCUT2D eigenvalue weighted by molar-refractivity contribution is 7.45. The first-order valence-corrected chi connectivity index (χ1v) is 15.9. The second-order valence-corrected chi connectivity index (χ2v) is 11.6. The van der Waals surface area contributed by atoms with Crippen LogP contribution < -0.4 is 5.32 Å². The Morgan fingerprint density at radius 3 is 2.50 bits per heavy atom. The number of amides is 1. The number of likely N-dealkylation sites (N-methyl/N-ethyl adjacent to an activating group) is 1. The highest BCUT2D eigenvalue weighted by atomic mass is 31.2. The van der Waals surface area contributed by atoms with Crippen molar-refractivity contribution >= 4 is 36.1 Å². The van der Waals surface area contributed by atoms with Crippen molar-refractivity contribution in [1.29, 1.82) is 0 Å². The Balaban J connectivity index is 0.000000978. The zero-order valence-electron chi connectivity index (χ0n) is 25.3. The van der Waals surface area contributed by atoms with Crippen molar-refractivity contribution in [3.05, 3.63) is 87.4 Å². The van der Waals surface area contributed by atoms with Crippen LogP contribution in [0.3, 0.4) is 0 Å². The average Bonchev–Trinajstić information content (AvgIpc) is 3.57. The van der Waals surface area contributed by atoms with E-state index in [1.807, 2.05) is 23.0 Å². The third-order valence-corrected chi connectivity index (χ3v) is 7.15. The molecule has 238 valence electrons. The molecule has 4 N–H and O–H groups in total. The minimum atomic E-state index is -4.64. The molecule has 0 saturated carbocycles. The Kier molecular flexibility index (Phi) is 12.4. The molecule has 44 heavy (non-hydrogen) atoms. The van der Waals surface area contributed by atoms with Gasteiger partial charge in [-0.2, -0.15) is 5.10 Å². The number of hydrogen-bond acceptors (Lipinski definition) is 7. The topological polar surface area (TPSA) is 184 Å². The largest absolute Gasteiger partial charge is 0.466 e. The van der Waals surface area contributed by atoms with Gasteiger partial charge in [0.15, 0.2) is 0 Å². The molecule has 0 bridgehead atoms. The molecule has 4 rings (SSSR count). The molecule has 1 amide bonds. The summed E-state index contributed by atoms with van der Waals surface area (Å²) in [5.41, 5.74) is 3.53. The Morgan fingerprint density at radius 1 is 1.16 bits per heavy atom. The van der Waals surface area contributed by atoms with E-state index in [1.54, 1.807) is 18.2 Å². The fourth-order valence-corrected chi connectivity index (χ4v) is 4.73. The lowest BCUT2D eigenvalue weighted by molar-refractivity contribution is -0.385. The van der Waals surface area contributed by atoms with Gasteiger partial charge in [0.25, 0.3) is 11.6 Å². The smallest absolute Gasteiger partial charge is 0.460 e. The molecule has 0 aliphatic rings. The molecule has 2 aromatic heterocycles. The van der Waals surface area contributed by atoms with Gasteiger partial charge in [0.2, 0.25) is 0 Å². The van der Waals surface area contributed by atoms with Gasteiger partial charge >= 0.3 is 7.82 Å². The maximum Gasteiger partial charge on any atom is 0.466 e. The molecule has 2 heterocycles. The first-order valence-electron chi connectivity index (χ1n) is 14.4. The van der Waals surface area contributed by atoms with Crippen LogP contribution in [0.5, 0.6) is 0 Å². The number of fused-ring (bicyclic) bond motifs is 1. The van der Waals surface area contributed by atoms with Gasteiger partial charge in [-0.15, -0.1) is 0 Å². The highest BCUT2D eigenvalue weighted by Gasteiger charge is 2.22. The van der Waals surface area contributed by atoms with Crippen LogP contribution in [0, 0.1) is 10.1 Å². The van der Waals surface area contributed by atoms with Crippen LogP contribution in [0.1, 0.15) is 66.8 Å². The first-order chi connectivity index (χ1) is 20.8. The van der Waals surface area contributed by atoms with Gasteiger partial charge in [0.1, 0.15) is 16.9 Å². The van der Waals surface area contributed by atoms with Gasteiger partial charge in [0, 0.05) is 54.5 Å². The molecule has 0 aliphatic heterocycles. The number of phosphoric acid groups is 1. The summed E-state index contributed by atoms with van der Waals surface area (Å²) in [6.07, 6.45) is 7.84. The highest BCUT2D eigenvalue weighted by Crippen LogP contribution is 2.35. The summed E-state index contributed by atoms with van der Waals surface area (Å²) >= 11 is 0. The molecule has 0 aliphatic carbocycles. The number of anilines is 1. The van der Waals surface area contributed by atoms with Crippen molar-refractivity contribution in [2.75, 3.05) is 25.5 Å². The standard InChI is InChI=1S/C30H37N5O4.H3O4P/c1-5-15-34-20-22(19-31-34)13-16-33(4)17-14-24-26-18-23(11-12-28(26)39-29(24)21(3)6-2)32-30(36)25-9-7-8-10-27(25)35(37)38;1-5(2,3)4/h7-12,18-21H,5-6,13-17H2,1-4H3,(H,32,36);(H3,1,2,3,4). The van der Waals surface area contributed by atoms with E-state index in [2.05, 4.69) is 49.3 Å². The van der Waals surface area contributed by atoms with Gasteiger partial charge in [0.05, 0.1) is 11.1 Å². The summed E-state index contributed by atoms with van der Waals surface area (Å²) in [4.78, 5) is 47.6. The Labute approximate surface area is 255 Å². The Morgan fingerprint density at radius 2 is 1.84 bits per heavy atom. The summed E-state index contributed by atoms with van der Waals surface area (Å²) < 4.78 is 17.2. The third kappa shape index (κ3) is 10.1. The van der Waals surface area contributed by atoms with E-state index in [1.165, 1.54) is 17.7 Å². The van der Waals surface area contributed by atoms with Gasteiger partial charge in [-0.3, -0.25) is 19.6 Å². The fourth-order valence-electron chi connectivity index (χ4n) is 4.73. The van der Waals surface area contributed by atoms with E-state index in [-0.39, 0.29) is 17.2 Å².